The summed E-state index contributed by atoms with van der Waals surface area (Å²) in [6.07, 6.45) is -2.34. The predicted molar refractivity (Wildman–Crippen MR) is 55.1 cm³/mol. The summed E-state index contributed by atoms with van der Waals surface area (Å²) < 4.78 is 37.8. The number of rotatable bonds is 2. The second-order valence-corrected chi connectivity index (χ2v) is 4.09. The Morgan fingerprint density at radius 2 is 2.11 bits per heavy atom. The standard InChI is InChI=1S/C9H4F3N3O2S/c10-9(11,12)6-5(8(16)17)18-7(15-6)4-1-2-13-3-14-4/h1-3H,(H,16,17). The largest absolute Gasteiger partial charge is 0.477 e. The minimum atomic E-state index is -4.81. The van der Waals surface area contributed by atoms with E-state index in [4.69, 9.17) is 5.11 Å². The van der Waals surface area contributed by atoms with E-state index in [1.165, 1.54) is 12.3 Å². The Balaban J connectivity index is 2.57. The molecule has 18 heavy (non-hydrogen) atoms. The van der Waals surface area contributed by atoms with Gasteiger partial charge in [0.1, 0.15) is 21.9 Å². The molecule has 2 aromatic heterocycles. The van der Waals surface area contributed by atoms with Crippen molar-refractivity contribution in [1.29, 1.82) is 0 Å². The molecule has 0 aliphatic heterocycles. The van der Waals surface area contributed by atoms with Crippen LogP contribution in [-0.2, 0) is 6.18 Å². The number of hydrogen-bond acceptors (Lipinski definition) is 5. The second-order valence-electron chi connectivity index (χ2n) is 3.09. The predicted octanol–water partition coefficient (Wildman–Crippen LogP) is 2.32. The van der Waals surface area contributed by atoms with Gasteiger partial charge in [0, 0.05) is 6.20 Å². The van der Waals surface area contributed by atoms with E-state index in [9.17, 15) is 18.0 Å². The smallest absolute Gasteiger partial charge is 0.435 e. The van der Waals surface area contributed by atoms with Crippen LogP contribution in [0.1, 0.15) is 15.4 Å². The molecule has 0 spiro atoms. The van der Waals surface area contributed by atoms with Gasteiger partial charge in [-0.2, -0.15) is 13.2 Å². The van der Waals surface area contributed by atoms with Crippen molar-refractivity contribution < 1.29 is 23.1 Å². The Morgan fingerprint density at radius 3 is 2.56 bits per heavy atom. The topological polar surface area (TPSA) is 76.0 Å². The molecule has 0 fully saturated rings. The normalized spacial score (nSPS) is 11.5. The Hall–Kier alpha value is -2.03. The average Bonchev–Trinajstić information content (AvgIpc) is 2.74. The first-order valence-electron chi connectivity index (χ1n) is 4.47. The van der Waals surface area contributed by atoms with Crippen molar-refractivity contribution in [3.05, 3.63) is 29.2 Å². The molecule has 0 aliphatic rings. The molecule has 0 amide bonds. The van der Waals surface area contributed by atoms with Gasteiger partial charge in [-0.3, -0.25) is 0 Å². The van der Waals surface area contributed by atoms with Crippen LogP contribution < -0.4 is 0 Å². The maximum absolute atomic E-state index is 12.6. The zero-order chi connectivity index (χ0) is 13.3. The number of halogens is 3. The van der Waals surface area contributed by atoms with E-state index in [1.54, 1.807) is 0 Å². The van der Waals surface area contributed by atoms with Crippen molar-refractivity contribution in [2.24, 2.45) is 0 Å². The number of hydrogen-bond donors (Lipinski definition) is 1. The van der Waals surface area contributed by atoms with Crippen molar-refractivity contribution in [3.8, 4) is 10.7 Å². The Labute approximate surface area is 102 Å². The average molecular weight is 275 g/mol. The van der Waals surface area contributed by atoms with Gasteiger partial charge in [-0.25, -0.2) is 19.7 Å². The van der Waals surface area contributed by atoms with Gasteiger partial charge in [-0.05, 0) is 6.07 Å². The van der Waals surface area contributed by atoms with E-state index in [0.717, 1.165) is 6.33 Å². The van der Waals surface area contributed by atoms with Gasteiger partial charge < -0.3 is 5.11 Å². The maximum atomic E-state index is 12.6. The SMILES string of the molecule is O=C(O)c1sc(-c2ccncn2)nc1C(F)(F)F. The lowest BCUT2D eigenvalue weighted by atomic mass is 10.3. The molecule has 5 nitrogen and oxygen atoms in total. The molecule has 0 aromatic carbocycles. The molecule has 1 N–H and O–H groups in total. The summed E-state index contributed by atoms with van der Waals surface area (Å²) in [4.78, 5) is 20.5. The van der Waals surface area contributed by atoms with Gasteiger partial charge in [-0.15, -0.1) is 11.3 Å². The van der Waals surface area contributed by atoms with Crippen molar-refractivity contribution in [2.75, 3.05) is 0 Å². The number of thiazole rings is 1. The molecule has 0 saturated heterocycles. The number of alkyl halides is 3. The first-order valence-corrected chi connectivity index (χ1v) is 5.29. The molecule has 94 valence electrons. The van der Waals surface area contributed by atoms with Crippen molar-refractivity contribution >= 4 is 17.3 Å². The third kappa shape index (κ3) is 2.30. The van der Waals surface area contributed by atoms with Crippen LogP contribution in [0.4, 0.5) is 13.2 Å². The van der Waals surface area contributed by atoms with Crippen LogP contribution in [-0.4, -0.2) is 26.0 Å². The summed E-state index contributed by atoms with van der Waals surface area (Å²) in [5.74, 6) is -1.67. The fourth-order valence-corrected chi connectivity index (χ4v) is 2.08. The number of carboxylic acids is 1. The minimum absolute atomic E-state index is 0.109. The van der Waals surface area contributed by atoms with Crippen LogP contribution in [0, 0.1) is 0 Å². The summed E-state index contributed by atoms with van der Waals surface area (Å²) in [6, 6.07) is 1.35. The zero-order valence-electron chi connectivity index (χ0n) is 8.47. The highest BCUT2D eigenvalue weighted by Crippen LogP contribution is 2.36. The van der Waals surface area contributed by atoms with Gasteiger partial charge >= 0.3 is 12.1 Å². The van der Waals surface area contributed by atoms with Crippen molar-refractivity contribution in [1.82, 2.24) is 15.0 Å². The molecule has 2 rings (SSSR count). The Kier molecular flexibility index (Phi) is 2.99. The van der Waals surface area contributed by atoms with Crippen LogP contribution >= 0.6 is 11.3 Å². The molecule has 0 aliphatic carbocycles. The fourth-order valence-electron chi connectivity index (χ4n) is 1.18. The van der Waals surface area contributed by atoms with Crippen molar-refractivity contribution in [2.45, 2.75) is 6.18 Å². The minimum Gasteiger partial charge on any atom is -0.477 e. The molecule has 0 radical (unpaired) electrons. The molecule has 0 bridgehead atoms. The highest BCUT2D eigenvalue weighted by Gasteiger charge is 2.39. The van der Waals surface area contributed by atoms with Crippen LogP contribution in [0.25, 0.3) is 10.7 Å². The number of carbonyl (C=O) groups is 1. The summed E-state index contributed by atoms with van der Waals surface area (Å²) in [6.45, 7) is 0. The molecule has 2 heterocycles. The number of aromatic nitrogens is 3. The summed E-state index contributed by atoms with van der Waals surface area (Å²) >= 11 is 0.427. The maximum Gasteiger partial charge on any atom is 0.435 e. The van der Waals surface area contributed by atoms with Crippen LogP contribution in [0.2, 0.25) is 0 Å². The van der Waals surface area contributed by atoms with E-state index in [0.29, 0.717) is 11.3 Å². The molecule has 9 heteroatoms. The highest BCUT2D eigenvalue weighted by molar-refractivity contribution is 7.17. The van der Waals surface area contributed by atoms with Gasteiger partial charge in [0.25, 0.3) is 0 Å². The highest BCUT2D eigenvalue weighted by atomic mass is 32.1. The monoisotopic (exact) mass is 275 g/mol. The number of nitrogens with zero attached hydrogens (tertiary/aromatic N) is 3. The second kappa shape index (κ2) is 4.33. The zero-order valence-corrected chi connectivity index (χ0v) is 9.29. The first-order chi connectivity index (χ1) is 8.39. The molecule has 0 saturated carbocycles. The molecular weight excluding hydrogens is 271 g/mol. The lowest BCUT2D eigenvalue weighted by Crippen LogP contribution is -2.11. The molecule has 0 atom stereocenters. The van der Waals surface area contributed by atoms with Gasteiger partial charge in [0.15, 0.2) is 5.69 Å². The fraction of sp³-hybridized carbons (Fsp3) is 0.111. The van der Waals surface area contributed by atoms with E-state index in [-0.39, 0.29) is 10.7 Å². The van der Waals surface area contributed by atoms with E-state index < -0.39 is 22.7 Å². The third-order valence-corrected chi connectivity index (χ3v) is 2.96. The molecule has 2 aromatic rings. The lowest BCUT2D eigenvalue weighted by molar-refractivity contribution is -0.141. The van der Waals surface area contributed by atoms with Crippen LogP contribution in [0.5, 0.6) is 0 Å². The first kappa shape index (κ1) is 12.4. The number of carboxylic acid groups (broad SMARTS) is 1. The van der Waals surface area contributed by atoms with E-state index >= 15 is 0 Å². The van der Waals surface area contributed by atoms with Crippen LogP contribution in [0.15, 0.2) is 18.6 Å². The van der Waals surface area contributed by atoms with E-state index in [2.05, 4.69) is 15.0 Å². The Morgan fingerprint density at radius 1 is 1.39 bits per heavy atom. The van der Waals surface area contributed by atoms with Crippen LogP contribution in [0.3, 0.4) is 0 Å². The van der Waals surface area contributed by atoms with Gasteiger partial charge in [0.2, 0.25) is 0 Å². The summed E-state index contributed by atoms with van der Waals surface area (Å²) in [5.41, 5.74) is -1.26. The van der Waals surface area contributed by atoms with Crippen molar-refractivity contribution in [3.63, 3.8) is 0 Å². The molecule has 0 unspecified atom stereocenters. The Bertz CT molecular complexity index is 582. The lowest BCUT2D eigenvalue weighted by Gasteiger charge is -2.02. The van der Waals surface area contributed by atoms with E-state index in [1.807, 2.05) is 0 Å². The van der Waals surface area contributed by atoms with Gasteiger partial charge in [0.05, 0.1) is 0 Å². The number of aromatic carboxylic acids is 1. The summed E-state index contributed by atoms with van der Waals surface area (Å²) in [5, 5.41) is 8.62. The third-order valence-electron chi connectivity index (χ3n) is 1.89. The summed E-state index contributed by atoms with van der Waals surface area (Å²) in [7, 11) is 0. The molecular formula is C9H4F3N3O2S. The van der Waals surface area contributed by atoms with Gasteiger partial charge in [-0.1, -0.05) is 0 Å². The quantitative estimate of drug-likeness (QED) is 0.910.